The second kappa shape index (κ2) is 5.80. The molecule has 0 spiro atoms. The number of fused-ring (bicyclic) bond motifs is 1. The molecule has 0 saturated carbocycles. The van der Waals surface area contributed by atoms with Crippen LogP contribution in [0, 0.1) is 16.0 Å². The van der Waals surface area contributed by atoms with E-state index in [0.717, 1.165) is 18.8 Å². The van der Waals surface area contributed by atoms with E-state index in [9.17, 15) is 10.1 Å². The summed E-state index contributed by atoms with van der Waals surface area (Å²) in [6.07, 6.45) is 2.44. The Morgan fingerprint density at radius 1 is 1.55 bits per heavy atom. The maximum Gasteiger partial charge on any atom is 0.271 e. The summed E-state index contributed by atoms with van der Waals surface area (Å²) in [4.78, 5) is 14.6. The SMILES string of the molecule is O=[N+]([O-])c1ccc2oc(SCC3CCCNC3)nc2c1. The molecule has 2 aromatic rings. The third kappa shape index (κ3) is 2.94. The average Bonchev–Trinajstić information content (AvgIpc) is 2.88. The van der Waals surface area contributed by atoms with Gasteiger partial charge in [0, 0.05) is 17.9 Å². The number of nitrogens with one attached hydrogen (secondary N) is 1. The number of thioether (sulfide) groups is 1. The molecule has 3 rings (SSSR count). The topological polar surface area (TPSA) is 81.2 Å². The molecule has 1 N–H and O–H groups in total. The summed E-state index contributed by atoms with van der Waals surface area (Å²) in [6.45, 7) is 2.15. The summed E-state index contributed by atoms with van der Waals surface area (Å²) >= 11 is 1.58. The Balaban J connectivity index is 1.70. The number of hydrogen-bond donors (Lipinski definition) is 1. The van der Waals surface area contributed by atoms with E-state index < -0.39 is 4.92 Å². The van der Waals surface area contributed by atoms with Crippen LogP contribution in [0.15, 0.2) is 27.8 Å². The van der Waals surface area contributed by atoms with Gasteiger partial charge in [0.2, 0.25) is 0 Å². The van der Waals surface area contributed by atoms with Crippen molar-refractivity contribution in [1.29, 1.82) is 0 Å². The number of nitro groups is 1. The van der Waals surface area contributed by atoms with Gasteiger partial charge >= 0.3 is 0 Å². The zero-order valence-electron chi connectivity index (χ0n) is 10.9. The lowest BCUT2D eigenvalue weighted by Crippen LogP contribution is -2.30. The molecule has 1 aliphatic heterocycles. The highest BCUT2D eigenvalue weighted by Gasteiger charge is 2.16. The minimum atomic E-state index is -0.422. The van der Waals surface area contributed by atoms with E-state index in [1.165, 1.54) is 25.0 Å². The Kier molecular flexibility index (Phi) is 3.88. The maximum absolute atomic E-state index is 10.7. The molecule has 106 valence electrons. The van der Waals surface area contributed by atoms with Crippen LogP contribution in [-0.4, -0.2) is 28.7 Å². The minimum absolute atomic E-state index is 0.0406. The van der Waals surface area contributed by atoms with E-state index in [1.54, 1.807) is 17.8 Å². The maximum atomic E-state index is 10.7. The number of nitro benzene ring substituents is 1. The number of nitrogens with zero attached hydrogens (tertiary/aromatic N) is 2. The molecule has 7 heteroatoms. The molecule has 0 radical (unpaired) electrons. The lowest BCUT2D eigenvalue weighted by Gasteiger charge is -2.21. The molecular formula is C13H15N3O3S. The van der Waals surface area contributed by atoms with Crippen molar-refractivity contribution < 1.29 is 9.34 Å². The molecule has 20 heavy (non-hydrogen) atoms. The van der Waals surface area contributed by atoms with Gasteiger partial charge in [0.1, 0.15) is 5.52 Å². The van der Waals surface area contributed by atoms with Crippen LogP contribution >= 0.6 is 11.8 Å². The Hall–Kier alpha value is -1.60. The van der Waals surface area contributed by atoms with Crippen molar-refractivity contribution in [1.82, 2.24) is 10.3 Å². The Bertz CT molecular complexity index is 622. The fourth-order valence-corrected chi connectivity index (χ4v) is 3.30. The van der Waals surface area contributed by atoms with Crippen molar-refractivity contribution in [3.05, 3.63) is 28.3 Å². The van der Waals surface area contributed by atoms with Crippen molar-refractivity contribution in [2.24, 2.45) is 5.92 Å². The second-order valence-corrected chi connectivity index (χ2v) is 5.88. The van der Waals surface area contributed by atoms with Gasteiger partial charge in [0.25, 0.3) is 10.9 Å². The largest absolute Gasteiger partial charge is 0.431 e. The molecule has 1 unspecified atom stereocenters. The van der Waals surface area contributed by atoms with E-state index >= 15 is 0 Å². The summed E-state index contributed by atoms with van der Waals surface area (Å²) < 4.78 is 5.60. The van der Waals surface area contributed by atoms with Gasteiger partial charge in [-0.15, -0.1) is 0 Å². The minimum Gasteiger partial charge on any atom is -0.431 e. The van der Waals surface area contributed by atoms with Gasteiger partial charge < -0.3 is 9.73 Å². The number of piperidine rings is 1. The molecular weight excluding hydrogens is 278 g/mol. The van der Waals surface area contributed by atoms with Crippen molar-refractivity contribution in [2.75, 3.05) is 18.8 Å². The first-order valence-corrected chi connectivity index (χ1v) is 7.59. The third-order valence-electron chi connectivity index (χ3n) is 3.40. The first-order chi connectivity index (χ1) is 9.72. The number of non-ortho nitro benzene ring substituents is 1. The smallest absolute Gasteiger partial charge is 0.271 e. The molecule has 0 amide bonds. The summed E-state index contributed by atoms with van der Waals surface area (Å²) in [7, 11) is 0. The van der Waals surface area contributed by atoms with E-state index in [0.29, 0.717) is 22.2 Å². The number of benzene rings is 1. The lowest BCUT2D eigenvalue weighted by atomic mass is 10.0. The first kappa shape index (κ1) is 13.4. The number of aromatic nitrogens is 1. The van der Waals surface area contributed by atoms with Crippen LogP contribution in [0.2, 0.25) is 0 Å². The van der Waals surface area contributed by atoms with E-state index in [4.69, 9.17) is 4.42 Å². The van der Waals surface area contributed by atoms with Crippen molar-refractivity contribution in [3.63, 3.8) is 0 Å². The van der Waals surface area contributed by atoms with Crippen LogP contribution in [-0.2, 0) is 0 Å². The molecule has 1 saturated heterocycles. The highest BCUT2D eigenvalue weighted by molar-refractivity contribution is 7.99. The van der Waals surface area contributed by atoms with Gasteiger partial charge in [-0.2, -0.15) is 0 Å². The standard InChI is InChI=1S/C13H15N3O3S/c17-16(18)10-3-4-12-11(6-10)15-13(19-12)20-8-9-2-1-5-14-7-9/h3-4,6,9,14H,1-2,5,7-8H2. The predicted molar refractivity (Wildman–Crippen MR) is 77.0 cm³/mol. The quantitative estimate of drug-likeness (QED) is 0.530. The summed E-state index contributed by atoms with van der Waals surface area (Å²) in [5.41, 5.74) is 1.18. The van der Waals surface area contributed by atoms with Gasteiger partial charge in [-0.05, 0) is 37.9 Å². The highest BCUT2D eigenvalue weighted by atomic mass is 32.2. The van der Waals surface area contributed by atoms with Gasteiger partial charge in [-0.1, -0.05) is 11.8 Å². The lowest BCUT2D eigenvalue weighted by molar-refractivity contribution is -0.384. The van der Waals surface area contributed by atoms with Crippen LogP contribution in [0.3, 0.4) is 0 Å². The van der Waals surface area contributed by atoms with Gasteiger partial charge in [0.15, 0.2) is 5.58 Å². The monoisotopic (exact) mass is 293 g/mol. The molecule has 1 aliphatic rings. The third-order valence-corrected chi connectivity index (χ3v) is 4.46. The Morgan fingerprint density at radius 2 is 2.45 bits per heavy atom. The average molecular weight is 293 g/mol. The fourth-order valence-electron chi connectivity index (χ4n) is 2.33. The molecule has 1 fully saturated rings. The molecule has 1 aromatic heterocycles. The highest BCUT2D eigenvalue weighted by Crippen LogP contribution is 2.28. The summed E-state index contributed by atoms with van der Waals surface area (Å²) in [5.74, 6) is 1.60. The molecule has 0 bridgehead atoms. The van der Waals surface area contributed by atoms with Crippen molar-refractivity contribution >= 4 is 28.5 Å². The van der Waals surface area contributed by atoms with Crippen LogP contribution in [0.4, 0.5) is 5.69 Å². The summed E-state index contributed by atoms with van der Waals surface area (Å²) in [6, 6.07) is 4.49. The van der Waals surface area contributed by atoms with Crippen molar-refractivity contribution in [3.8, 4) is 0 Å². The van der Waals surface area contributed by atoms with Crippen LogP contribution < -0.4 is 5.32 Å². The predicted octanol–water partition coefficient (Wildman–Crippen LogP) is 2.83. The van der Waals surface area contributed by atoms with Gasteiger partial charge in [-0.25, -0.2) is 4.98 Å². The van der Waals surface area contributed by atoms with E-state index in [2.05, 4.69) is 10.3 Å². The number of rotatable bonds is 4. The van der Waals surface area contributed by atoms with Gasteiger partial charge in [-0.3, -0.25) is 10.1 Å². The number of hydrogen-bond acceptors (Lipinski definition) is 6. The molecule has 1 aromatic carbocycles. The molecule has 2 heterocycles. The molecule has 6 nitrogen and oxygen atoms in total. The molecule has 1 atom stereocenters. The second-order valence-electron chi connectivity index (χ2n) is 4.91. The first-order valence-electron chi connectivity index (χ1n) is 6.61. The normalized spacial score (nSPS) is 19.3. The summed E-state index contributed by atoms with van der Waals surface area (Å²) in [5, 5.41) is 14.7. The van der Waals surface area contributed by atoms with Crippen LogP contribution in [0.25, 0.3) is 11.1 Å². The Labute approximate surface area is 120 Å². The van der Waals surface area contributed by atoms with E-state index in [-0.39, 0.29) is 5.69 Å². The number of oxazole rings is 1. The zero-order chi connectivity index (χ0) is 13.9. The van der Waals surface area contributed by atoms with E-state index in [1.807, 2.05) is 0 Å². The fraction of sp³-hybridized carbons (Fsp3) is 0.462. The van der Waals surface area contributed by atoms with Crippen LogP contribution in [0.1, 0.15) is 12.8 Å². The van der Waals surface area contributed by atoms with Crippen LogP contribution in [0.5, 0.6) is 0 Å². The molecule has 0 aliphatic carbocycles. The Morgan fingerprint density at radius 3 is 3.20 bits per heavy atom. The zero-order valence-corrected chi connectivity index (χ0v) is 11.7. The van der Waals surface area contributed by atoms with Gasteiger partial charge in [0.05, 0.1) is 4.92 Å². The van der Waals surface area contributed by atoms with Crippen molar-refractivity contribution in [2.45, 2.75) is 18.1 Å².